The number of benzene rings is 2. The maximum absolute atomic E-state index is 13.4. The lowest BCUT2D eigenvalue weighted by atomic mass is 10.1. The molecule has 24 heavy (non-hydrogen) atoms. The van der Waals surface area contributed by atoms with Gasteiger partial charge in [-0.3, -0.25) is 9.78 Å². The number of aromatic nitrogens is 1. The van der Waals surface area contributed by atoms with Gasteiger partial charge in [0.1, 0.15) is 5.82 Å². The summed E-state index contributed by atoms with van der Waals surface area (Å²) in [4.78, 5) is 16.4. The van der Waals surface area contributed by atoms with Crippen molar-refractivity contribution < 1.29 is 14.3 Å². The number of aliphatic hydroxyl groups excluding tert-OH is 1. The molecule has 3 rings (SSSR count). The summed E-state index contributed by atoms with van der Waals surface area (Å²) in [7, 11) is 0. The first-order valence-electron chi connectivity index (χ1n) is 7.30. The van der Waals surface area contributed by atoms with Crippen LogP contribution in [-0.4, -0.2) is 22.5 Å². The van der Waals surface area contributed by atoms with E-state index in [0.29, 0.717) is 11.1 Å². The monoisotopic (exact) mass is 344 g/mol. The van der Waals surface area contributed by atoms with Gasteiger partial charge in [0.05, 0.1) is 16.6 Å². The summed E-state index contributed by atoms with van der Waals surface area (Å²) in [5.41, 5.74) is 1.61. The summed E-state index contributed by atoms with van der Waals surface area (Å²) in [6, 6.07) is 12.9. The number of carbonyl (C=O) groups excluding carboxylic acids is 1. The van der Waals surface area contributed by atoms with Gasteiger partial charge in [0.25, 0.3) is 5.91 Å². The Bertz CT molecular complexity index is 901. The van der Waals surface area contributed by atoms with Crippen LogP contribution in [0.15, 0.2) is 54.7 Å². The lowest BCUT2D eigenvalue weighted by molar-refractivity contribution is 0.0916. The van der Waals surface area contributed by atoms with Gasteiger partial charge < -0.3 is 10.4 Å². The third-order valence-electron chi connectivity index (χ3n) is 3.65. The third-order valence-corrected chi connectivity index (χ3v) is 3.96. The van der Waals surface area contributed by atoms with Gasteiger partial charge in [-0.2, -0.15) is 0 Å². The molecular formula is C18H14ClFN2O2. The lowest BCUT2D eigenvalue weighted by Gasteiger charge is -2.13. The average Bonchev–Trinajstić information content (AvgIpc) is 2.61. The minimum absolute atomic E-state index is 0.0141. The van der Waals surface area contributed by atoms with Gasteiger partial charge >= 0.3 is 0 Å². The molecule has 0 aliphatic carbocycles. The van der Waals surface area contributed by atoms with Crippen LogP contribution in [0.2, 0.25) is 5.02 Å². The molecule has 1 unspecified atom stereocenters. The highest BCUT2D eigenvalue weighted by Gasteiger charge is 2.13. The van der Waals surface area contributed by atoms with Gasteiger partial charge in [-0.25, -0.2) is 4.39 Å². The van der Waals surface area contributed by atoms with E-state index in [2.05, 4.69) is 10.3 Å². The zero-order chi connectivity index (χ0) is 17.1. The van der Waals surface area contributed by atoms with E-state index in [4.69, 9.17) is 11.6 Å². The molecule has 2 N–H and O–H groups in total. The highest BCUT2D eigenvalue weighted by molar-refractivity contribution is 6.30. The first-order chi connectivity index (χ1) is 11.5. The van der Waals surface area contributed by atoms with Crippen molar-refractivity contribution in [2.45, 2.75) is 6.10 Å². The molecule has 4 nitrogen and oxygen atoms in total. The minimum Gasteiger partial charge on any atom is -0.387 e. The molecule has 2 aromatic carbocycles. The van der Waals surface area contributed by atoms with Crippen LogP contribution in [0.1, 0.15) is 22.0 Å². The van der Waals surface area contributed by atoms with E-state index in [9.17, 15) is 14.3 Å². The molecule has 0 saturated heterocycles. The van der Waals surface area contributed by atoms with Crippen LogP contribution in [0.3, 0.4) is 0 Å². The summed E-state index contributed by atoms with van der Waals surface area (Å²) in [6.07, 6.45) is 0.659. The van der Waals surface area contributed by atoms with Crippen molar-refractivity contribution >= 4 is 28.4 Å². The van der Waals surface area contributed by atoms with Crippen LogP contribution in [0.5, 0.6) is 0 Å². The van der Waals surface area contributed by atoms with Crippen LogP contribution in [0.4, 0.5) is 4.39 Å². The number of hydrogen-bond donors (Lipinski definition) is 2. The average molecular weight is 345 g/mol. The maximum Gasteiger partial charge on any atom is 0.251 e. The molecule has 0 spiro atoms. The van der Waals surface area contributed by atoms with Gasteiger partial charge in [0.15, 0.2) is 0 Å². The van der Waals surface area contributed by atoms with E-state index in [1.54, 1.807) is 30.5 Å². The van der Waals surface area contributed by atoms with Crippen molar-refractivity contribution in [2.75, 3.05) is 6.54 Å². The summed E-state index contributed by atoms with van der Waals surface area (Å²) in [5, 5.41) is 13.5. The summed E-state index contributed by atoms with van der Waals surface area (Å²) in [6.45, 7) is -0.0367. The van der Waals surface area contributed by atoms with Gasteiger partial charge in [-0.15, -0.1) is 0 Å². The van der Waals surface area contributed by atoms with E-state index < -0.39 is 11.9 Å². The predicted octanol–water partition coefficient (Wildman–Crippen LogP) is 3.49. The van der Waals surface area contributed by atoms with Gasteiger partial charge in [-0.05, 0) is 42.0 Å². The first kappa shape index (κ1) is 16.4. The molecule has 0 aliphatic rings. The van der Waals surface area contributed by atoms with E-state index >= 15 is 0 Å². The fourth-order valence-electron chi connectivity index (χ4n) is 2.35. The van der Waals surface area contributed by atoms with Crippen LogP contribution >= 0.6 is 11.6 Å². The molecule has 1 atom stereocenters. The van der Waals surface area contributed by atoms with Crippen LogP contribution in [0.25, 0.3) is 10.9 Å². The zero-order valence-corrected chi connectivity index (χ0v) is 13.3. The molecule has 0 fully saturated rings. The molecule has 0 bridgehead atoms. The SMILES string of the molecule is O=C(NCC(O)c1ccc(Cl)c(F)c1)c1ccc2ncccc2c1. The number of aliphatic hydroxyl groups is 1. The second kappa shape index (κ2) is 6.95. The van der Waals surface area contributed by atoms with E-state index in [0.717, 1.165) is 17.0 Å². The van der Waals surface area contributed by atoms with Crippen molar-refractivity contribution in [1.29, 1.82) is 0 Å². The molecule has 1 aromatic heterocycles. The number of amides is 1. The van der Waals surface area contributed by atoms with Crippen molar-refractivity contribution in [3.05, 3.63) is 76.7 Å². The molecule has 0 aliphatic heterocycles. The second-order valence-corrected chi connectivity index (χ2v) is 5.72. The number of rotatable bonds is 4. The number of fused-ring (bicyclic) bond motifs is 1. The van der Waals surface area contributed by atoms with Crippen LogP contribution in [-0.2, 0) is 0 Å². The molecule has 6 heteroatoms. The Morgan fingerprint density at radius 3 is 2.88 bits per heavy atom. The number of nitrogens with one attached hydrogen (secondary N) is 1. The van der Waals surface area contributed by atoms with Crippen LogP contribution < -0.4 is 5.32 Å². The summed E-state index contributed by atoms with van der Waals surface area (Å²) >= 11 is 5.61. The summed E-state index contributed by atoms with van der Waals surface area (Å²) in [5.74, 6) is -0.934. The van der Waals surface area contributed by atoms with Crippen LogP contribution in [0, 0.1) is 5.82 Å². The van der Waals surface area contributed by atoms with Crippen molar-refractivity contribution in [3.63, 3.8) is 0 Å². The maximum atomic E-state index is 13.4. The van der Waals surface area contributed by atoms with Gasteiger partial charge in [0, 0.05) is 23.7 Å². The molecule has 1 amide bonds. The third kappa shape index (κ3) is 3.53. The number of pyridine rings is 1. The van der Waals surface area contributed by atoms with Crippen molar-refractivity contribution in [2.24, 2.45) is 0 Å². The highest BCUT2D eigenvalue weighted by Crippen LogP contribution is 2.20. The number of halogens is 2. The Morgan fingerprint density at radius 1 is 1.25 bits per heavy atom. The second-order valence-electron chi connectivity index (χ2n) is 5.31. The Balaban J connectivity index is 1.68. The van der Waals surface area contributed by atoms with E-state index in [1.807, 2.05) is 6.07 Å². The van der Waals surface area contributed by atoms with Gasteiger partial charge in [-0.1, -0.05) is 23.7 Å². The Labute approximate surface area is 142 Å². The van der Waals surface area contributed by atoms with E-state index in [1.165, 1.54) is 12.1 Å². The normalized spacial score (nSPS) is 12.1. The highest BCUT2D eigenvalue weighted by atomic mass is 35.5. The molecule has 3 aromatic rings. The van der Waals surface area contributed by atoms with Gasteiger partial charge in [0.2, 0.25) is 0 Å². The van der Waals surface area contributed by atoms with E-state index in [-0.39, 0.29) is 17.5 Å². The Hall–Kier alpha value is -2.50. The topological polar surface area (TPSA) is 62.2 Å². The summed E-state index contributed by atoms with van der Waals surface area (Å²) < 4.78 is 13.4. The molecule has 122 valence electrons. The zero-order valence-electron chi connectivity index (χ0n) is 12.5. The lowest BCUT2D eigenvalue weighted by Crippen LogP contribution is -2.28. The number of nitrogens with zero attached hydrogens (tertiary/aromatic N) is 1. The number of hydrogen-bond acceptors (Lipinski definition) is 3. The largest absolute Gasteiger partial charge is 0.387 e. The predicted molar refractivity (Wildman–Crippen MR) is 90.4 cm³/mol. The fourth-order valence-corrected chi connectivity index (χ4v) is 2.46. The Morgan fingerprint density at radius 2 is 2.08 bits per heavy atom. The Kier molecular flexibility index (Phi) is 4.74. The number of carbonyl (C=O) groups is 1. The van der Waals surface area contributed by atoms with Crippen molar-refractivity contribution in [1.82, 2.24) is 10.3 Å². The smallest absolute Gasteiger partial charge is 0.251 e. The first-order valence-corrected chi connectivity index (χ1v) is 7.68. The fraction of sp³-hybridized carbons (Fsp3) is 0.111. The standard InChI is InChI=1S/C18H14ClFN2O2/c19-14-5-3-12(9-15(14)20)17(23)10-22-18(24)13-4-6-16-11(8-13)2-1-7-21-16/h1-9,17,23H,10H2,(H,22,24). The molecule has 1 heterocycles. The quantitative estimate of drug-likeness (QED) is 0.761. The minimum atomic E-state index is -1.03. The molecule has 0 saturated carbocycles. The molecule has 0 radical (unpaired) electrons. The van der Waals surface area contributed by atoms with Crippen molar-refractivity contribution in [3.8, 4) is 0 Å². The molecular weight excluding hydrogens is 331 g/mol.